The van der Waals surface area contributed by atoms with Crippen LogP contribution in [0.15, 0.2) is 0 Å². The van der Waals surface area contributed by atoms with E-state index in [1.54, 1.807) is 0 Å². The second-order valence-corrected chi connectivity index (χ2v) is 4.06. The Labute approximate surface area is 86.3 Å². The Morgan fingerprint density at radius 2 is 0.929 bits per heavy atom. The summed E-state index contributed by atoms with van der Waals surface area (Å²) in [5.74, 6) is 0. The van der Waals surface area contributed by atoms with E-state index in [9.17, 15) is 0 Å². The van der Waals surface area contributed by atoms with Crippen LogP contribution in [-0.4, -0.2) is 0 Å². The van der Waals surface area contributed by atoms with Crippen LogP contribution in [0.25, 0.3) is 0 Å². The Bertz CT molecular complexity index is 336. The van der Waals surface area contributed by atoms with Crippen LogP contribution in [0.1, 0.15) is 39.5 Å². The van der Waals surface area contributed by atoms with Crippen molar-refractivity contribution in [1.82, 2.24) is 0 Å². The van der Waals surface area contributed by atoms with Crippen LogP contribution in [-0.2, 0) is 0 Å². The van der Waals surface area contributed by atoms with E-state index in [1.807, 2.05) is 0 Å². The maximum atomic E-state index is 5.78. The van der Waals surface area contributed by atoms with Gasteiger partial charge in [0.25, 0.3) is 0 Å². The molecule has 0 fully saturated rings. The smallest absolute Gasteiger partial charge is 0.0790 e. The first-order valence-electron chi connectivity index (χ1n) is 4.96. The third kappa shape index (κ3) is 1.56. The first kappa shape index (κ1) is 11.2. The zero-order valence-electron chi connectivity index (χ0n) is 9.73. The van der Waals surface area contributed by atoms with Gasteiger partial charge in [-0.05, 0) is 68.0 Å². The second kappa shape index (κ2) is 3.71. The molecule has 14 heavy (non-hydrogen) atoms. The van der Waals surface area contributed by atoms with E-state index in [2.05, 4.69) is 34.6 Å². The van der Waals surface area contributed by atoms with Gasteiger partial charge in [-0.15, -0.1) is 0 Å². The number of nitrogens with two attached hydrogens (primary N) is 2. The van der Waals surface area contributed by atoms with Crippen molar-refractivity contribution in [2.24, 2.45) is 11.5 Å². The van der Waals surface area contributed by atoms with E-state index in [-0.39, 0.29) is 6.17 Å². The van der Waals surface area contributed by atoms with E-state index < -0.39 is 0 Å². The van der Waals surface area contributed by atoms with E-state index in [0.29, 0.717) is 0 Å². The van der Waals surface area contributed by atoms with Crippen molar-refractivity contribution in [3.05, 3.63) is 33.4 Å². The summed E-state index contributed by atoms with van der Waals surface area (Å²) in [6.45, 7) is 10.6. The molecular formula is C12H20N2. The number of benzene rings is 1. The predicted molar refractivity (Wildman–Crippen MR) is 61.2 cm³/mol. The number of hydrogen-bond donors (Lipinski definition) is 2. The molecule has 0 bridgehead atoms. The van der Waals surface area contributed by atoms with Gasteiger partial charge >= 0.3 is 0 Å². The topological polar surface area (TPSA) is 52.0 Å². The molecule has 1 aromatic rings. The highest BCUT2D eigenvalue weighted by molar-refractivity contribution is 5.50. The van der Waals surface area contributed by atoms with E-state index in [0.717, 1.165) is 5.56 Å². The Kier molecular flexibility index (Phi) is 2.98. The molecule has 0 heterocycles. The fourth-order valence-corrected chi connectivity index (χ4v) is 2.03. The predicted octanol–water partition coefficient (Wildman–Crippen LogP) is 2.14. The van der Waals surface area contributed by atoms with Gasteiger partial charge in [0.1, 0.15) is 0 Å². The Balaban J connectivity index is 3.60. The molecule has 0 amide bonds. The second-order valence-electron chi connectivity index (χ2n) is 4.06. The van der Waals surface area contributed by atoms with Gasteiger partial charge in [-0.2, -0.15) is 0 Å². The molecule has 78 valence electrons. The Hall–Kier alpha value is -0.860. The van der Waals surface area contributed by atoms with Crippen LogP contribution in [0.2, 0.25) is 0 Å². The van der Waals surface area contributed by atoms with Crippen LogP contribution < -0.4 is 11.5 Å². The van der Waals surface area contributed by atoms with Gasteiger partial charge in [-0.3, -0.25) is 0 Å². The molecule has 0 aromatic heterocycles. The molecule has 0 unspecified atom stereocenters. The molecule has 1 rings (SSSR count). The fourth-order valence-electron chi connectivity index (χ4n) is 2.03. The van der Waals surface area contributed by atoms with Crippen LogP contribution in [0.4, 0.5) is 0 Å². The maximum Gasteiger partial charge on any atom is 0.0790 e. The standard InChI is InChI=1S/C12H20N2/c1-6-7(2)9(4)11(12(13)14)10(5)8(6)3/h12H,13-14H2,1-5H3. The van der Waals surface area contributed by atoms with Gasteiger partial charge in [-0.25, -0.2) is 0 Å². The fraction of sp³-hybridized carbons (Fsp3) is 0.500. The molecule has 2 heteroatoms. The normalized spacial score (nSPS) is 11.1. The molecule has 0 aliphatic carbocycles. The molecular weight excluding hydrogens is 172 g/mol. The van der Waals surface area contributed by atoms with Crippen molar-refractivity contribution in [2.45, 2.75) is 40.8 Å². The summed E-state index contributed by atoms with van der Waals surface area (Å²) in [6.07, 6.45) is -0.368. The molecule has 0 aliphatic rings. The summed E-state index contributed by atoms with van der Waals surface area (Å²) in [6, 6.07) is 0. The van der Waals surface area contributed by atoms with Crippen molar-refractivity contribution in [3.8, 4) is 0 Å². The molecule has 4 N–H and O–H groups in total. The maximum absolute atomic E-state index is 5.78. The van der Waals surface area contributed by atoms with Gasteiger partial charge in [0, 0.05) is 0 Å². The lowest BCUT2D eigenvalue weighted by atomic mass is 9.88. The minimum atomic E-state index is -0.368. The van der Waals surface area contributed by atoms with E-state index >= 15 is 0 Å². The summed E-state index contributed by atoms with van der Waals surface area (Å²) >= 11 is 0. The average molecular weight is 192 g/mol. The SMILES string of the molecule is Cc1c(C)c(C)c(C(N)N)c(C)c1C. The van der Waals surface area contributed by atoms with Crippen molar-refractivity contribution < 1.29 is 0 Å². The lowest BCUT2D eigenvalue weighted by Gasteiger charge is -2.20. The first-order chi connectivity index (χ1) is 6.37. The quantitative estimate of drug-likeness (QED) is 0.670. The Morgan fingerprint density at radius 3 is 1.21 bits per heavy atom. The van der Waals surface area contributed by atoms with Gasteiger partial charge in [-0.1, -0.05) is 0 Å². The minimum absolute atomic E-state index is 0.368. The molecule has 0 aliphatic heterocycles. The highest BCUT2D eigenvalue weighted by Crippen LogP contribution is 2.27. The van der Waals surface area contributed by atoms with Crippen LogP contribution in [0.5, 0.6) is 0 Å². The third-order valence-electron chi connectivity index (χ3n) is 3.39. The van der Waals surface area contributed by atoms with E-state index in [1.165, 1.54) is 27.8 Å². The molecule has 0 saturated heterocycles. The zero-order valence-corrected chi connectivity index (χ0v) is 9.73. The molecule has 0 atom stereocenters. The van der Waals surface area contributed by atoms with Crippen molar-refractivity contribution in [2.75, 3.05) is 0 Å². The molecule has 0 spiro atoms. The summed E-state index contributed by atoms with van der Waals surface area (Å²) < 4.78 is 0. The van der Waals surface area contributed by atoms with Crippen molar-refractivity contribution >= 4 is 0 Å². The van der Waals surface area contributed by atoms with Crippen LogP contribution >= 0.6 is 0 Å². The summed E-state index contributed by atoms with van der Waals surface area (Å²) in [4.78, 5) is 0. The first-order valence-corrected chi connectivity index (χ1v) is 4.96. The number of hydrogen-bond acceptors (Lipinski definition) is 2. The largest absolute Gasteiger partial charge is 0.312 e. The van der Waals surface area contributed by atoms with Gasteiger partial charge in [0.05, 0.1) is 6.17 Å². The van der Waals surface area contributed by atoms with Gasteiger partial charge in [0.2, 0.25) is 0 Å². The minimum Gasteiger partial charge on any atom is -0.312 e. The summed E-state index contributed by atoms with van der Waals surface area (Å²) in [5.41, 5.74) is 19.1. The summed E-state index contributed by atoms with van der Waals surface area (Å²) in [7, 11) is 0. The Morgan fingerprint density at radius 1 is 0.643 bits per heavy atom. The van der Waals surface area contributed by atoms with E-state index in [4.69, 9.17) is 11.5 Å². The zero-order chi connectivity index (χ0) is 11.0. The van der Waals surface area contributed by atoms with Crippen molar-refractivity contribution in [1.29, 1.82) is 0 Å². The van der Waals surface area contributed by atoms with Crippen molar-refractivity contribution in [3.63, 3.8) is 0 Å². The molecule has 0 saturated carbocycles. The molecule has 0 radical (unpaired) electrons. The molecule has 1 aromatic carbocycles. The van der Waals surface area contributed by atoms with Crippen LogP contribution in [0, 0.1) is 34.6 Å². The lowest BCUT2D eigenvalue weighted by molar-refractivity contribution is 0.755. The highest BCUT2D eigenvalue weighted by Gasteiger charge is 2.14. The summed E-state index contributed by atoms with van der Waals surface area (Å²) in [5, 5.41) is 0. The average Bonchev–Trinajstić information content (AvgIpc) is 2.11. The van der Waals surface area contributed by atoms with Gasteiger partial charge < -0.3 is 11.5 Å². The lowest BCUT2D eigenvalue weighted by Crippen LogP contribution is -2.23. The van der Waals surface area contributed by atoms with Crippen LogP contribution in [0.3, 0.4) is 0 Å². The molecule has 2 nitrogen and oxygen atoms in total. The number of rotatable bonds is 1. The third-order valence-corrected chi connectivity index (χ3v) is 3.39. The highest BCUT2D eigenvalue weighted by atomic mass is 14.8. The van der Waals surface area contributed by atoms with Gasteiger partial charge in [0.15, 0.2) is 0 Å². The monoisotopic (exact) mass is 192 g/mol.